The van der Waals surface area contributed by atoms with Crippen molar-refractivity contribution in [3.05, 3.63) is 146 Å². The maximum Gasteiger partial charge on any atom is 0.318 e. The molecule has 2 aromatic heterocycles. The monoisotopic (exact) mass is 474 g/mol. The quantitative estimate of drug-likeness (QED) is 0.232. The van der Waals surface area contributed by atoms with Gasteiger partial charge in [0.25, 0.3) is 0 Å². The Kier molecular flexibility index (Phi) is 5.15. The van der Waals surface area contributed by atoms with Crippen LogP contribution in [0.15, 0.2) is 150 Å². The summed E-state index contributed by atoms with van der Waals surface area (Å²) in [5, 5.41) is 2.51. The molecule has 0 aliphatic rings. The molecular formula is C35H24NO+. The summed E-state index contributed by atoms with van der Waals surface area (Å²) in [5.41, 5.74) is 10.7. The fourth-order valence-corrected chi connectivity index (χ4v) is 5.24. The van der Waals surface area contributed by atoms with E-state index in [9.17, 15) is 0 Å². The molecule has 0 saturated heterocycles. The lowest BCUT2D eigenvalue weighted by atomic mass is 10.0. The lowest BCUT2D eigenvalue weighted by Crippen LogP contribution is -1.94. The van der Waals surface area contributed by atoms with Gasteiger partial charge < -0.3 is 4.57 Å². The van der Waals surface area contributed by atoms with E-state index in [1.54, 1.807) is 12.5 Å². The zero-order valence-electron chi connectivity index (χ0n) is 20.2. The van der Waals surface area contributed by atoms with E-state index in [2.05, 4.69) is 126 Å². The molecule has 0 N–H and O–H groups in total. The summed E-state index contributed by atoms with van der Waals surface area (Å²) in [4.78, 5) is 0. The molecule has 2 heteroatoms. The first-order chi connectivity index (χ1) is 18.3. The van der Waals surface area contributed by atoms with Gasteiger partial charge in [-0.15, -0.1) is 0 Å². The molecule has 0 radical (unpaired) electrons. The molecule has 37 heavy (non-hydrogen) atoms. The van der Waals surface area contributed by atoms with Gasteiger partial charge in [-0.25, -0.2) is 4.42 Å². The van der Waals surface area contributed by atoms with Gasteiger partial charge in [-0.2, -0.15) is 0 Å². The molecule has 0 aliphatic carbocycles. The normalized spacial score (nSPS) is 11.2. The molecular weight excluding hydrogens is 450 g/mol. The fraction of sp³-hybridized carbons (Fsp3) is 0. The maximum atomic E-state index is 5.20. The number of hydrogen-bond donors (Lipinski definition) is 0. The van der Waals surface area contributed by atoms with Crippen LogP contribution in [0.1, 0.15) is 0 Å². The molecule has 7 aromatic rings. The molecule has 0 atom stereocenters. The van der Waals surface area contributed by atoms with Gasteiger partial charge in [-0.3, -0.25) is 0 Å². The van der Waals surface area contributed by atoms with Gasteiger partial charge in [-0.1, -0.05) is 84.9 Å². The Hall–Kier alpha value is -4.95. The van der Waals surface area contributed by atoms with Gasteiger partial charge in [0, 0.05) is 28.6 Å². The minimum absolute atomic E-state index is 1.14. The van der Waals surface area contributed by atoms with Crippen molar-refractivity contribution < 1.29 is 4.42 Å². The Morgan fingerprint density at radius 1 is 0.378 bits per heavy atom. The van der Waals surface area contributed by atoms with Gasteiger partial charge in [0.1, 0.15) is 0 Å². The highest BCUT2D eigenvalue weighted by atomic mass is 16.3. The second-order valence-corrected chi connectivity index (χ2v) is 9.28. The summed E-state index contributed by atoms with van der Waals surface area (Å²) in [7, 11) is 0. The number of benzene rings is 5. The van der Waals surface area contributed by atoms with Gasteiger partial charge in [0.05, 0.1) is 11.0 Å². The minimum Gasteiger partial charge on any atom is -0.309 e. The molecule has 2 heterocycles. The zero-order valence-corrected chi connectivity index (χ0v) is 20.2. The Labute approximate surface area is 215 Å². The van der Waals surface area contributed by atoms with Crippen LogP contribution in [0.3, 0.4) is 0 Å². The second kappa shape index (κ2) is 8.92. The smallest absolute Gasteiger partial charge is 0.309 e. The van der Waals surface area contributed by atoms with Crippen molar-refractivity contribution in [2.75, 3.05) is 0 Å². The zero-order chi connectivity index (χ0) is 24.6. The van der Waals surface area contributed by atoms with Gasteiger partial charge >= 0.3 is 12.5 Å². The summed E-state index contributed by atoms with van der Waals surface area (Å²) >= 11 is 0. The first-order valence-corrected chi connectivity index (χ1v) is 12.5. The van der Waals surface area contributed by atoms with Gasteiger partial charge in [-0.05, 0) is 69.8 Å². The van der Waals surface area contributed by atoms with Crippen molar-refractivity contribution in [2.24, 2.45) is 0 Å². The third-order valence-electron chi connectivity index (χ3n) is 7.09. The Balaban J connectivity index is 1.45. The van der Waals surface area contributed by atoms with Crippen LogP contribution in [0.5, 0.6) is 0 Å². The Morgan fingerprint density at radius 3 is 1.32 bits per heavy atom. The molecule has 7 rings (SSSR count). The van der Waals surface area contributed by atoms with Crippen LogP contribution in [0.25, 0.3) is 60.9 Å². The lowest BCUT2D eigenvalue weighted by Gasteiger charge is -2.10. The molecule has 0 spiro atoms. The molecule has 0 bridgehead atoms. The SMILES string of the molecule is c1ccc(-c2ccc3c(c2)c2cc(-c4ccccc4)ccc2n3-c2ccc(-c3cc[o+]cc3)cc2)cc1. The molecule has 174 valence electrons. The van der Waals surface area contributed by atoms with E-state index in [1.807, 2.05) is 12.1 Å². The van der Waals surface area contributed by atoms with Crippen molar-refractivity contribution in [3.63, 3.8) is 0 Å². The van der Waals surface area contributed by atoms with Crippen molar-refractivity contribution in [3.8, 4) is 39.1 Å². The fourth-order valence-electron chi connectivity index (χ4n) is 5.24. The predicted octanol–water partition coefficient (Wildman–Crippen LogP) is 9.66. The first-order valence-electron chi connectivity index (χ1n) is 12.5. The molecule has 0 fully saturated rings. The van der Waals surface area contributed by atoms with Crippen molar-refractivity contribution in [2.45, 2.75) is 0 Å². The van der Waals surface area contributed by atoms with Crippen molar-refractivity contribution >= 4 is 21.8 Å². The highest BCUT2D eigenvalue weighted by Crippen LogP contribution is 2.37. The number of nitrogens with zero attached hydrogens (tertiary/aromatic N) is 1. The standard InChI is InChI=1S/C35H24NO/c1-3-7-25(8-4-1)29-13-17-34-32(23-29)33-24-30(26-9-5-2-6-10-26)14-18-35(33)36(34)31-15-11-27(12-16-31)28-19-21-37-22-20-28/h1-24H/q+1. The summed E-state index contributed by atoms with van der Waals surface area (Å²) in [6.07, 6.45) is 3.43. The summed E-state index contributed by atoms with van der Waals surface area (Å²) in [6.45, 7) is 0. The van der Waals surface area contributed by atoms with Crippen LogP contribution in [0.2, 0.25) is 0 Å². The van der Waals surface area contributed by atoms with Crippen LogP contribution in [-0.4, -0.2) is 4.57 Å². The molecule has 0 saturated carbocycles. The Bertz CT molecular complexity index is 1740. The number of hydrogen-bond acceptors (Lipinski definition) is 0. The van der Waals surface area contributed by atoms with E-state index in [4.69, 9.17) is 4.42 Å². The number of rotatable bonds is 4. The minimum atomic E-state index is 1.14. The van der Waals surface area contributed by atoms with Crippen molar-refractivity contribution in [1.82, 2.24) is 4.57 Å². The van der Waals surface area contributed by atoms with Crippen LogP contribution in [0.4, 0.5) is 0 Å². The van der Waals surface area contributed by atoms with Crippen LogP contribution in [0, 0.1) is 0 Å². The summed E-state index contributed by atoms with van der Waals surface area (Å²) in [6, 6.07) is 47.6. The second-order valence-electron chi connectivity index (χ2n) is 9.28. The summed E-state index contributed by atoms with van der Waals surface area (Å²) < 4.78 is 7.57. The molecule has 5 aromatic carbocycles. The third-order valence-corrected chi connectivity index (χ3v) is 7.09. The largest absolute Gasteiger partial charge is 0.318 e. The van der Waals surface area contributed by atoms with E-state index in [0.29, 0.717) is 0 Å². The van der Waals surface area contributed by atoms with E-state index in [1.165, 1.54) is 44.1 Å². The van der Waals surface area contributed by atoms with Crippen molar-refractivity contribution in [1.29, 1.82) is 0 Å². The van der Waals surface area contributed by atoms with E-state index < -0.39 is 0 Å². The van der Waals surface area contributed by atoms with E-state index in [0.717, 1.165) is 16.8 Å². The average Bonchev–Trinajstić information content (AvgIpc) is 3.31. The van der Waals surface area contributed by atoms with E-state index >= 15 is 0 Å². The molecule has 0 aliphatic heterocycles. The Morgan fingerprint density at radius 2 is 0.811 bits per heavy atom. The molecule has 0 amide bonds. The number of aromatic nitrogens is 1. The van der Waals surface area contributed by atoms with Crippen LogP contribution in [-0.2, 0) is 0 Å². The van der Waals surface area contributed by atoms with E-state index in [-0.39, 0.29) is 0 Å². The highest BCUT2D eigenvalue weighted by molar-refractivity contribution is 6.11. The summed E-state index contributed by atoms with van der Waals surface area (Å²) in [5.74, 6) is 0. The third kappa shape index (κ3) is 3.80. The molecule has 0 unspecified atom stereocenters. The highest BCUT2D eigenvalue weighted by Gasteiger charge is 2.15. The number of fused-ring (bicyclic) bond motifs is 3. The van der Waals surface area contributed by atoms with Gasteiger partial charge in [0.2, 0.25) is 0 Å². The topological polar surface area (TPSA) is 16.2 Å². The maximum absolute atomic E-state index is 5.20. The average molecular weight is 475 g/mol. The van der Waals surface area contributed by atoms with Crippen LogP contribution < -0.4 is 0 Å². The van der Waals surface area contributed by atoms with Gasteiger partial charge in [0.15, 0.2) is 0 Å². The lowest BCUT2D eigenvalue weighted by molar-refractivity contribution is 0.551. The molecule has 2 nitrogen and oxygen atoms in total. The predicted molar refractivity (Wildman–Crippen MR) is 154 cm³/mol. The first kappa shape index (κ1) is 21.3. The van der Waals surface area contributed by atoms with Crippen LogP contribution >= 0.6 is 0 Å².